The first-order valence-corrected chi connectivity index (χ1v) is 8.80. The van der Waals surface area contributed by atoms with Gasteiger partial charge in [0, 0.05) is 29.1 Å². The lowest BCUT2D eigenvalue weighted by Crippen LogP contribution is -2.39. The number of carbonyl (C=O) groups is 2. The van der Waals surface area contributed by atoms with E-state index in [0.717, 1.165) is 17.7 Å². The van der Waals surface area contributed by atoms with Gasteiger partial charge in [-0.25, -0.2) is 0 Å². The molecular weight excluding hydrogens is 342 g/mol. The number of carbonyl (C=O) groups excluding carboxylic acids is 2. The molecule has 0 radical (unpaired) electrons. The number of hydrogen-bond donors (Lipinski definition) is 1. The van der Waals surface area contributed by atoms with E-state index in [1.807, 2.05) is 17.5 Å². The molecule has 2 heterocycles. The van der Waals surface area contributed by atoms with Gasteiger partial charge in [-0.3, -0.25) is 19.7 Å². The SMILES string of the molecule is O=C(NCC(=O)N1CCCC1c1cccs1)c1cccc([N+](=O)[O-])c1. The zero-order chi connectivity index (χ0) is 17.8. The van der Waals surface area contributed by atoms with Crippen molar-refractivity contribution >= 4 is 28.8 Å². The topological polar surface area (TPSA) is 92.6 Å². The van der Waals surface area contributed by atoms with Gasteiger partial charge in [0.25, 0.3) is 11.6 Å². The van der Waals surface area contributed by atoms with Crippen LogP contribution in [0.5, 0.6) is 0 Å². The Balaban J connectivity index is 1.61. The van der Waals surface area contributed by atoms with Crippen LogP contribution >= 0.6 is 11.3 Å². The van der Waals surface area contributed by atoms with Crippen LogP contribution in [0.3, 0.4) is 0 Å². The summed E-state index contributed by atoms with van der Waals surface area (Å²) in [5.41, 5.74) is 0.00880. The van der Waals surface area contributed by atoms with Gasteiger partial charge >= 0.3 is 0 Å². The number of rotatable bonds is 5. The highest BCUT2D eigenvalue weighted by Crippen LogP contribution is 2.34. The average molecular weight is 359 g/mol. The Bertz CT molecular complexity index is 791. The smallest absolute Gasteiger partial charge is 0.270 e. The Kier molecular flexibility index (Phi) is 5.08. The highest BCUT2D eigenvalue weighted by atomic mass is 32.1. The van der Waals surface area contributed by atoms with Crippen molar-refractivity contribution in [2.45, 2.75) is 18.9 Å². The summed E-state index contributed by atoms with van der Waals surface area (Å²) < 4.78 is 0. The largest absolute Gasteiger partial charge is 0.343 e. The van der Waals surface area contributed by atoms with Gasteiger partial charge in [-0.1, -0.05) is 12.1 Å². The molecule has 2 aromatic rings. The molecule has 3 rings (SSSR count). The van der Waals surface area contributed by atoms with Gasteiger partial charge in [0.2, 0.25) is 5.91 Å². The lowest BCUT2D eigenvalue weighted by atomic mass is 10.2. The number of nitrogens with one attached hydrogen (secondary N) is 1. The van der Waals surface area contributed by atoms with Crippen LogP contribution in [-0.2, 0) is 4.79 Å². The molecule has 25 heavy (non-hydrogen) atoms. The van der Waals surface area contributed by atoms with Crippen molar-refractivity contribution in [3.8, 4) is 0 Å². The summed E-state index contributed by atoms with van der Waals surface area (Å²) in [4.78, 5) is 37.8. The van der Waals surface area contributed by atoms with Crippen LogP contribution in [-0.4, -0.2) is 34.7 Å². The summed E-state index contributed by atoms with van der Waals surface area (Å²) >= 11 is 1.62. The number of amides is 2. The summed E-state index contributed by atoms with van der Waals surface area (Å²) in [6, 6.07) is 9.50. The monoisotopic (exact) mass is 359 g/mol. The minimum Gasteiger partial charge on any atom is -0.343 e. The van der Waals surface area contributed by atoms with Crippen molar-refractivity contribution in [2.24, 2.45) is 0 Å². The highest BCUT2D eigenvalue weighted by molar-refractivity contribution is 7.10. The Hall–Kier alpha value is -2.74. The molecule has 0 aliphatic carbocycles. The van der Waals surface area contributed by atoms with Crippen molar-refractivity contribution in [2.75, 3.05) is 13.1 Å². The lowest BCUT2D eigenvalue weighted by Gasteiger charge is -2.24. The second kappa shape index (κ2) is 7.43. The van der Waals surface area contributed by atoms with Gasteiger partial charge in [0.15, 0.2) is 0 Å². The van der Waals surface area contributed by atoms with E-state index in [1.165, 1.54) is 24.3 Å². The standard InChI is InChI=1S/C17H17N3O4S/c21-16(19-8-2-6-14(19)15-7-3-9-25-15)11-18-17(22)12-4-1-5-13(10-12)20(23)24/h1,3-5,7,9-10,14H,2,6,8,11H2,(H,18,22). The van der Waals surface area contributed by atoms with Gasteiger partial charge in [-0.15, -0.1) is 11.3 Å². The van der Waals surface area contributed by atoms with Crippen LogP contribution in [0.2, 0.25) is 0 Å². The molecule has 2 amide bonds. The molecule has 1 aromatic heterocycles. The first-order chi connectivity index (χ1) is 12.1. The quantitative estimate of drug-likeness (QED) is 0.656. The maximum Gasteiger partial charge on any atom is 0.270 e. The fourth-order valence-electron chi connectivity index (χ4n) is 2.96. The molecule has 1 aliphatic heterocycles. The van der Waals surface area contributed by atoms with Gasteiger partial charge in [-0.2, -0.15) is 0 Å². The fraction of sp³-hybridized carbons (Fsp3) is 0.294. The summed E-state index contributed by atoms with van der Waals surface area (Å²) in [5.74, 6) is -0.640. The van der Waals surface area contributed by atoms with E-state index in [2.05, 4.69) is 5.32 Å². The number of thiophene rings is 1. The second-order valence-corrected chi connectivity index (χ2v) is 6.73. The maximum absolute atomic E-state index is 12.5. The van der Waals surface area contributed by atoms with E-state index >= 15 is 0 Å². The molecule has 1 unspecified atom stereocenters. The normalized spacial score (nSPS) is 16.6. The minimum atomic E-state index is -0.558. The Morgan fingerprint density at radius 3 is 2.88 bits per heavy atom. The summed E-state index contributed by atoms with van der Waals surface area (Å²) in [6.45, 7) is 0.553. The number of non-ortho nitro benzene ring substituents is 1. The van der Waals surface area contributed by atoms with E-state index in [4.69, 9.17) is 0 Å². The predicted molar refractivity (Wildman–Crippen MR) is 93.4 cm³/mol. The van der Waals surface area contributed by atoms with E-state index in [1.54, 1.807) is 16.2 Å². The van der Waals surface area contributed by atoms with Gasteiger partial charge < -0.3 is 10.2 Å². The van der Waals surface area contributed by atoms with E-state index in [9.17, 15) is 19.7 Å². The fourth-order valence-corrected chi connectivity index (χ4v) is 3.84. The van der Waals surface area contributed by atoms with Crippen molar-refractivity contribution in [3.05, 3.63) is 62.3 Å². The van der Waals surface area contributed by atoms with Crippen LogP contribution in [0.4, 0.5) is 5.69 Å². The zero-order valence-corrected chi connectivity index (χ0v) is 14.2. The van der Waals surface area contributed by atoms with Crippen molar-refractivity contribution in [1.29, 1.82) is 0 Å². The molecule has 0 spiro atoms. The summed E-state index contributed by atoms with van der Waals surface area (Å²) in [7, 11) is 0. The van der Waals surface area contributed by atoms with Crippen LogP contribution in [0.15, 0.2) is 41.8 Å². The van der Waals surface area contributed by atoms with Crippen LogP contribution in [0.1, 0.15) is 34.1 Å². The van der Waals surface area contributed by atoms with Gasteiger partial charge in [0.1, 0.15) is 0 Å². The first-order valence-electron chi connectivity index (χ1n) is 7.92. The predicted octanol–water partition coefficient (Wildman–Crippen LogP) is 2.75. The van der Waals surface area contributed by atoms with Gasteiger partial charge in [-0.05, 0) is 30.4 Å². The van der Waals surface area contributed by atoms with Crippen molar-refractivity contribution in [1.82, 2.24) is 10.2 Å². The molecule has 1 atom stereocenters. The summed E-state index contributed by atoms with van der Waals surface area (Å²) in [6.07, 6.45) is 1.86. The molecule has 1 fully saturated rings. The molecule has 1 aliphatic rings. The molecule has 0 saturated carbocycles. The van der Waals surface area contributed by atoms with Crippen molar-refractivity contribution in [3.63, 3.8) is 0 Å². The number of nitro groups is 1. The number of hydrogen-bond acceptors (Lipinski definition) is 5. The average Bonchev–Trinajstić information content (AvgIpc) is 3.30. The van der Waals surface area contributed by atoms with Crippen LogP contribution in [0, 0.1) is 10.1 Å². The third-order valence-electron chi connectivity index (χ3n) is 4.16. The molecule has 1 saturated heterocycles. The number of likely N-dealkylation sites (tertiary alicyclic amines) is 1. The number of nitrogens with zero attached hydrogens (tertiary/aromatic N) is 2. The van der Waals surface area contributed by atoms with Crippen molar-refractivity contribution < 1.29 is 14.5 Å². The zero-order valence-electron chi connectivity index (χ0n) is 13.4. The lowest BCUT2D eigenvalue weighted by molar-refractivity contribution is -0.384. The van der Waals surface area contributed by atoms with E-state index in [-0.39, 0.29) is 29.7 Å². The molecule has 0 bridgehead atoms. The minimum absolute atomic E-state index is 0.0715. The highest BCUT2D eigenvalue weighted by Gasteiger charge is 2.30. The Labute approximate surface area is 148 Å². The summed E-state index contributed by atoms with van der Waals surface area (Å²) in [5, 5.41) is 15.3. The first kappa shape index (κ1) is 17.1. The molecule has 1 aromatic carbocycles. The third-order valence-corrected chi connectivity index (χ3v) is 5.14. The second-order valence-electron chi connectivity index (χ2n) is 5.75. The van der Waals surface area contributed by atoms with Crippen LogP contribution in [0.25, 0.3) is 0 Å². The Morgan fingerprint density at radius 2 is 2.16 bits per heavy atom. The Morgan fingerprint density at radius 1 is 1.32 bits per heavy atom. The van der Waals surface area contributed by atoms with Gasteiger partial charge in [0.05, 0.1) is 17.5 Å². The van der Waals surface area contributed by atoms with Crippen LogP contribution < -0.4 is 5.32 Å². The molecule has 8 heteroatoms. The van der Waals surface area contributed by atoms with E-state index in [0.29, 0.717) is 6.54 Å². The molecule has 130 valence electrons. The third kappa shape index (κ3) is 3.85. The molecule has 1 N–H and O–H groups in total. The molecular formula is C17H17N3O4S. The number of nitro benzene ring substituents is 1. The molecule has 7 nitrogen and oxygen atoms in total. The van der Waals surface area contributed by atoms with E-state index < -0.39 is 10.8 Å². The number of benzene rings is 1. The maximum atomic E-state index is 12.5.